The van der Waals surface area contributed by atoms with Crippen LogP contribution in [-0.2, 0) is 4.74 Å². The molecule has 1 aromatic rings. The molecular weight excluding hydrogens is 294 g/mol. The number of hydrogen-bond donors (Lipinski definition) is 0. The molecule has 8 heteroatoms. The molecule has 0 N–H and O–H groups in total. The Hall–Kier alpha value is -1.18. The molecule has 0 amide bonds. The number of likely N-dealkylation sites (N-methyl/N-ethyl adjacent to an activating group) is 1. The summed E-state index contributed by atoms with van der Waals surface area (Å²) in [6.45, 7) is 4.27. The monoisotopic (exact) mass is 313 g/mol. The van der Waals surface area contributed by atoms with E-state index in [0.29, 0.717) is 31.8 Å². The minimum atomic E-state index is 0.164. The number of morpholine rings is 1. The molecule has 1 saturated carbocycles. The van der Waals surface area contributed by atoms with E-state index >= 15 is 0 Å². The average molecular weight is 314 g/mol. The van der Waals surface area contributed by atoms with Crippen molar-refractivity contribution in [2.24, 2.45) is 0 Å². The fraction of sp³-hybridized carbons (Fsp3) is 0.769. The summed E-state index contributed by atoms with van der Waals surface area (Å²) < 4.78 is 10.9. The maximum atomic E-state index is 5.96. The molecule has 3 rings (SSSR count). The van der Waals surface area contributed by atoms with Gasteiger partial charge in [0.1, 0.15) is 6.61 Å². The molecule has 1 aliphatic heterocycles. The van der Waals surface area contributed by atoms with Crippen molar-refractivity contribution in [3.63, 3.8) is 0 Å². The van der Waals surface area contributed by atoms with Gasteiger partial charge in [-0.15, -0.1) is 0 Å². The zero-order valence-electron chi connectivity index (χ0n) is 12.2. The zero-order chi connectivity index (χ0) is 14.7. The molecule has 0 unspecified atom stereocenters. The third-order valence-electron chi connectivity index (χ3n) is 3.72. The molecule has 2 heterocycles. The number of aromatic nitrogens is 3. The lowest BCUT2D eigenvalue weighted by atomic mass is 10.4. The Kier molecular flexibility index (Phi) is 4.72. The van der Waals surface area contributed by atoms with Gasteiger partial charge in [0.25, 0.3) is 0 Å². The molecular formula is C13H20ClN5O2. The van der Waals surface area contributed by atoms with Crippen LogP contribution in [0.25, 0.3) is 0 Å². The summed E-state index contributed by atoms with van der Waals surface area (Å²) in [6, 6.07) is 1.01. The summed E-state index contributed by atoms with van der Waals surface area (Å²) in [4.78, 5) is 16.9. The highest BCUT2D eigenvalue weighted by Crippen LogP contribution is 2.24. The predicted octanol–water partition coefficient (Wildman–Crippen LogP) is 0.835. The maximum absolute atomic E-state index is 5.96. The van der Waals surface area contributed by atoms with Crippen LogP contribution < -0.4 is 9.64 Å². The Bertz CT molecular complexity index is 480. The smallest absolute Gasteiger partial charge is 0.322 e. The first-order valence-corrected chi connectivity index (χ1v) is 7.67. The Morgan fingerprint density at radius 2 is 2.05 bits per heavy atom. The Morgan fingerprint density at radius 1 is 1.29 bits per heavy atom. The van der Waals surface area contributed by atoms with Crippen molar-refractivity contribution in [1.82, 2.24) is 19.9 Å². The molecule has 1 aliphatic carbocycles. The molecule has 0 bridgehead atoms. The summed E-state index contributed by atoms with van der Waals surface area (Å²) >= 11 is 5.96. The number of halogens is 1. The Labute approximate surface area is 129 Å². The van der Waals surface area contributed by atoms with Gasteiger partial charge in [0, 0.05) is 25.7 Å². The summed E-state index contributed by atoms with van der Waals surface area (Å²) in [7, 11) is 2.11. The van der Waals surface area contributed by atoms with Crippen molar-refractivity contribution in [2.45, 2.75) is 18.9 Å². The van der Waals surface area contributed by atoms with E-state index in [9.17, 15) is 0 Å². The number of anilines is 1. The first-order valence-electron chi connectivity index (χ1n) is 7.29. The Morgan fingerprint density at radius 3 is 2.76 bits per heavy atom. The minimum absolute atomic E-state index is 0.164. The molecule has 2 aliphatic rings. The molecule has 1 saturated heterocycles. The van der Waals surface area contributed by atoms with Gasteiger partial charge in [0.05, 0.1) is 13.2 Å². The van der Waals surface area contributed by atoms with Gasteiger partial charge >= 0.3 is 6.01 Å². The largest absolute Gasteiger partial charge is 0.462 e. The lowest BCUT2D eigenvalue weighted by molar-refractivity contribution is 0.122. The van der Waals surface area contributed by atoms with E-state index in [0.717, 1.165) is 25.7 Å². The minimum Gasteiger partial charge on any atom is -0.462 e. The molecule has 2 fully saturated rings. The van der Waals surface area contributed by atoms with Crippen molar-refractivity contribution in [1.29, 1.82) is 0 Å². The molecule has 1 aromatic heterocycles. The van der Waals surface area contributed by atoms with E-state index in [-0.39, 0.29) is 5.28 Å². The lowest BCUT2D eigenvalue weighted by Gasteiger charge is -2.26. The molecule has 21 heavy (non-hydrogen) atoms. The van der Waals surface area contributed by atoms with Gasteiger partial charge in [0.15, 0.2) is 0 Å². The van der Waals surface area contributed by atoms with Crippen LogP contribution in [0.3, 0.4) is 0 Å². The zero-order valence-corrected chi connectivity index (χ0v) is 12.9. The first kappa shape index (κ1) is 14.7. The summed E-state index contributed by atoms with van der Waals surface area (Å²) in [6.07, 6.45) is 2.57. The quantitative estimate of drug-likeness (QED) is 0.771. The van der Waals surface area contributed by atoms with E-state index in [1.807, 2.05) is 4.90 Å². The maximum Gasteiger partial charge on any atom is 0.322 e. The predicted molar refractivity (Wildman–Crippen MR) is 79.0 cm³/mol. The van der Waals surface area contributed by atoms with E-state index in [2.05, 4.69) is 26.9 Å². The first-order chi connectivity index (χ1) is 10.2. The van der Waals surface area contributed by atoms with Gasteiger partial charge in [-0.1, -0.05) is 0 Å². The second-order valence-corrected chi connectivity index (χ2v) is 5.68. The van der Waals surface area contributed by atoms with Crippen molar-refractivity contribution < 1.29 is 9.47 Å². The number of nitrogens with zero attached hydrogens (tertiary/aromatic N) is 5. The highest BCUT2D eigenvalue weighted by molar-refractivity contribution is 6.28. The third-order valence-corrected chi connectivity index (χ3v) is 3.88. The van der Waals surface area contributed by atoms with Crippen LogP contribution in [0.4, 0.5) is 5.95 Å². The second-order valence-electron chi connectivity index (χ2n) is 5.35. The van der Waals surface area contributed by atoms with E-state index < -0.39 is 0 Å². The van der Waals surface area contributed by atoms with Crippen LogP contribution in [0.15, 0.2) is 0 Å². The molecule has 0 aromatic carbocycles. The van der Waals surface area contributed by atoms with E-state index in [1.54, 1.807) is 0 Å². The highest BCUT2D eigenvalue weighted by atomic mass is 35.5. The highest BCUT2D eigenvalue weighted by Gasteiger charge is 2.25. The van der Waals surface area contributed by atoms with Gasteiger partial charge in [-0.2, -0.15) is 15.0 Å². The SMILES string of the molecule is CN(CCOc1nc(Cl)nc(N2CCOCC2)n1)C1CC1. The van der Waals surface area contributed by atoms with Gasteiger partial charge in [-0.25, -0.2) is 0 Å². The molecule has 0 atom stereocenters. The van der Waals surface area contributed by atoms with Crippen molar-refractivity contribution >= 4 is 17.5 Å². The van der Waals surface area contributed by atoms with Crippen LogP contribution in [0.1, 0.15) is 12.8 Å². The van der Waals surface area contributed by atoms with Crippen LogP contribution in [-0.4, -0.2) is 72.4 Å². The van der Waals surface area contributed by atoms with Crippen LogP contribution in [0.5, 0.6) is 6.01 Å². The number of rotatable bonds is 6. The van der Waals surface area contributed by atoms with Crippen molar-refractivity contribution in [3.05, 3.63) is 5.28 Å². The normalized spacial score (nSPS) is 19.1. The lowest BCUT2D eigenvalue weighted by Crippen LogP contribution is -2.37. The van der Waals surface area contributed by atoms with Gasteiger partial charge in [-0.05, 0) is 31.5 Å². The van der Waals surface area contributed by atoms with E-state index in [4.69, 9.17) is 21.1 Å². The number of hydrogen-bond acceptors (Lipinski definition) is 7. The van der Waals surface area contributed by atoms with Gasteiger partial charge in [0.2, 0.25) is 11.2 Å². The fourth-order valence-electron chi connectivity index (χ4n) is 2.27. The van der Waals surface area contributed by atoms with E-state index in [1.165, 1.54) is 12.8 Å². The number of ether oxygens (including phenoxy) is 2. The average Bonchev–Trinajstić information content (AvgIpc) is 3.32. The van der Waals surface area contributed by atoms with Crippen molar-refractivity contribution in [3.8, 4) is 6.01 Å². The van der Waals surface area contributed by atoms with Crippen LogP contribution in [0, 0.1) is 0 Å². The third kappa shape index (κ3) is 4.15. The molecule has 0 radical (unpaired) electrons. The Balaban J connectivity index is 1.57. The summed E-state index contributed by atoms with van der Waals surface area (Å²) in [5.41, 5.74) is 0. The summed E-state index contributed by atoms with van der Waals surface area (Å²) in [5, 5.41) is 0.164. The van der Waals surface area contributed by atoms with Gasteiger partial charge < -0.3 is 19.3 Å². The fourth-order valence-corrected chi connectivity index (χ4v) is 2.42. The standard InChI is InChI=1S/C13H20ClN5O2/c1-18(10-2-3-10)4-9-21-13-16-11(14)15-12(17-13)19-5-7-20-8-6-19/h10H,2-9H2,1H3. The van der Waals surface area contributed by atoms with Crippen LogP contribution >= 0.6 is 11.6 Å². The second kappa shape index (κ2) is 6.72. The summed E-state index contributed by atoms with van der Waals surface area (Å²) in [5.74, 6) is 0.559. The molecule has 116 valence electrons. The molecule has 0 spiro atoms. The van der Waals surface area contributed by atoms with Crippen LogP contribution in [0.2, 0.25) is 5.28 Å². The molecule has 7 nitrogen and oxygen atoms in total. The van der Waals surface area contributed by atoms with Gasteiger partial charge in [-0.3, -0.25) is 0 Å². The van der Waals surface area contributed by atoms with Crippen molar-refractivity contribution in [2.75, 3.05) is 51.4 Å². The topological polar surface area (TPSA) is 63.6 Å².